The summed E-state index contributed by atoms with van der Waals surface area (Å²) in [5, 5.41) is 0.644. The fourth-order valence-corrected chi connectivity index (χ4v) is 4.21. The van der Waals surface area contributed by atoms with Crippen LogP contribution in [0.1, 0.15) is 25.3 Å². The quantitative estimate of drug-likeness (QED) is 0.679. The molecule has 1 aliphatic heterocycles. The molecule has 0 unspecified atom stereocenters. The van der Waals surface area contributed by atoms with Crippen molar-refractivity contribution in [3.63, 3.8) is 0 Å². The average Bonchev–Trinajstić information content (AvgIpc) is 3.12. The standard InChI is InChI=1S/C22H26ClN5O2/c1-15(23)8-13-28-18-19(26(2)22(30)25-20(18)29)24-21(28)27-11-9-17(10-12-27)14-16-6-4-3-5-7-16/h3-8,17H,9-14H2,1-2H3,(H,25,29,30). The van der Waals surface area contributed by atoms with Crippen LogP contribution in [0, 0.1) is 5.92 Å². The topological polar surface area (TPSA) is 75.9 Å². The van der Waals surface area contributed by atoms with Gasteiger partial charge < -0.3 is 9.47 Å². The van der Waals surface area contributed by atoms with Gasteiger partial charge in [-0.15, -0.1) is 0 Å². The number of H-pyrrole nitrogens is 1. The number of benzene rings is 1. The van der Waals surface area contributed by atoms with E-state index in [1.54, 1.807) is 14.0 Å². The van der Waals surface area contributed by atoms with E-state index in [-0.39, 0.29) is 0 Å². The predicted octanol–water partition coefficient (Wildman–Crippen LogP) is 3.03. The molecule has 3 aromatic rings. The minimum Gasteiger partial charge on any atom is -0.342 e. The molecule has 158 valence electrons. The molecule has 0 atom stereocenters. The van der Waals surface area contributed by atoms with Crippen LogP contribution in [-0.4, -0.2) is 32.2 Å². The number of aromatic nitrogens is 4. The lowest BCUT2D eigenvalue weighted by molar-refractivity contribution is 0.399. The number of nitrogens with zero attached hydrogens (tertiary/aromatic N) is 4. The Morgan fingerprint density at radius 3 is 2.60 bits per heavy atom. The molecule has 0 bridgehead atoms. The van der Waals surface area contributed by atoms with Crippen molar-refractivity contribution in [1.82, 2.24) is 19.1 Å². The lowest BCUT2D eigenvalue weighted by Gasteiger charge is -2.33. The first-order valence-electron chi connectivity index (χ1n) is 10.2. The van der Waals surface area contributed by atoms with E-state index in [1.807, 2.05) is 16.7 Å². The molecule has 4 rings (SSSR count). The number of allylic oxidation sites excluding steroid dienone is 2. The third-order valence-corrected chi connectivity index (χ3v) is 5.96. The minimum absolute atomic E-state index is 0.394. The van der Waals surface area contributed by atoms with Crippen molar-refractivity contribution in [3.05, 3.63) is 67.8 Å². The first kappa shape index (κ1) is 20.5. The summed E-state index contributed by atoms with van der Waals surface area (Å²) in [5.41, 5.74) is 1.27. The molecule has 1 N–H and O–H groups in total. The van der Waals surface area contributed by atoms with Crippen molar-refractivity contribution in [2.45, 2.75) is 32.7 Å². The second-order valence-corrected chi connectivity index (χ2v) is 8.52. The van der Waals surface area contributed by atoms with Gasteiger partial charge in [0.15, 0.2) is 11.2 Å². The Bertz CT molecular complexity index is 1180. The third kappa shape index (κ3) is 4.07. The molecule has 3 heterocycles. The lowest BCUT2D eigenvalue weighted by atomic mass is 9.90. The molecule has 2 aromatic heterocycles. The number of halogens is 1. The first-order chi connectivity index (χ1) is 14.4. The predicted molar refractivity (Wildman–Crippen MR) is 120 cm³/mol. The van der Waals surface area contributed by atoms with Gasteiger partial charge in [0.2, 0.25) is 5.95 Å². The van der Waals surface area contributed by atoms with Crippen LogP contribution in [0.25, 0.3) is 11.2 Å². The molecule has 1 aromatic carbocycles. The SMILES string of the molecule is CC(Cl)=CCn1c(N2CCC(Cc3ccccc3)CC2)nc2c1c(=O)[nH]c(=O)n2C. The van der Waals surface area contributed by atoms with Crippen molar-refractivity contribution < 1.29 is 0 Å². The summed E-state index contributed by atoms with van der Waals surface area (Å²) in [4.78, 5) is 33.9. The maximum absolute atomic E-state index is 12.6. The number of rotatable bonds is 5. The highest BCUT2D eigenvalue weighted by molar-refractivity contribution is 6.29. The molecule has 1 saturated heterocycles. The van der Waals surface area contributed by atoms with Gasteiger partial charge in [-0.05, 0) is 37.7 Å². The molecule has 0 saturated carbocycles. The van der Waals surface area contributed by atoms with Crippen LogP contribution >= 0.6 is 11.6 Å². The lowest BCUT2D eigenvalue weighted by Crippen LogP contribution is -2.36. The number of anilines is 1. The maximum Gasteiger partial charge on any atom is 0.329 e. The van der Waals surface area contributed by atoms with Gasteiger partial charge in [-0.25, -0.2) is 4.79 Å². The second-order valence-electron chi connectivity index (χ2n) is 7.92. The highest BCUT2D eigenvalue weighted by atomic mass is 35.5. The summed E-state index contributed by atoms with van der Waals surface area (Å²) in [6.45, 7) is 3.94. The highest BCUT2D eigenvalue weighted by Crippen LogP contribution is 2.27. The molecule has 30 heavy (non-hydrogen) atoms. The molecule has 8 heteroatoms. The van der Waals surface area contributed by atoms with Gasteiger partial charge in [-0.2, -0.15) is 4.98 Å². The number of aromatic amines is 1. The summed E-state index contributed by atoms with van der Waals surface area (Å²) in [6.07, 6.45) is 5.03. The van der Waals surface area contributed by atoms with Gasteiger partial charge in [0, 0.05) is 31.7 Å². The molecular formula is C22H26ClN5O2. The third-order valence-electron chi connectivity index (χ3n) is 5.81. The van der Waals surface area contributed by atoms with E-state index >= 15 is 0 Å². The molecule has 0 aliphatic carbocycles. The van der Waals surface area contributed by atoms with Crippen molar-refractivity contribution in [2.75, 3.05) is 18.0 Å². The normalized spacial score (nSPS) is 15.8. The van der Waals surface area contributed by atoms with Crippen molar-refractivity contribution in [3.8, 4) is 0 Å². The van der Waals surface area contributed by atoms with Gasteiger partial charge in [0.25, 0.3) is 5.56 Å². The second kappa shape index (κ2) is 8.52. The number of fused-ring (bicyclic) bond motifs is 1. The Morgan fingerprint density at radius 2 is 1.93 bits per heavy atom. The Labute approximate surface area is 179 Å². The fraction of sp³-hybridized carbons (Fsp3) is 0.409. The molecule has 1 fully saturated rings. The summed E-state index contributed by atoms with van der Waals surface area (Å²) < 4.78 is 3.24. The van der Waals surface area contributed by atoms with Gasteiger partial charge in [-0.3, -0.25) is 14.3 Å². The summed E-state index contributed by atoms with van der Waals surface area (Å²) in [6, 6.07) is 10.6. The summed E-state index contributed by atoms with van der Waals surface area (Å²) in [7, 11) is 1.62. The van der Waals surface area contributed by atoms with E-state index in [0.29, 0.717) is 34.6 Å². The van der Waals surface area contributed by atoms with Crippen molar-refractivity contribution >= 4 is 28.7 Å². The monoisotopic (exact) mass is 427 g/mol. The van der Waals surface area contributed by atoms with E-state index in [9.17, 15) is 9.59 Å². The fourth-order valence-electron chi connectivity index (χ4n) is 4.14. The van der Waals surface area contributed by atoms with E-state index in [4.69, 9.17) is 16.6 Å². The number of hydrogen-bond donors (Lipinski definition) is 1. The van der Waals surface area contributed by atoms with Gasteiger partial charge >= 0.3 is 5.69 Å². The molecule has 1 aliphatic rings. The number of aryl methyl sites for hydroxylation is 1. The summed E-state index contributed by atoms with van der Waals surface area (Å²) in [5.74, 6) is 1.34. The van der Waals surface area contributed by atoms with Crippen LogP contribution in [0.15, 0.2) is 51.0 Å². The Morgan fingerprint density at radius 1 is 1.23 bits per heavy atom. The Balaban J connectivity index is 1.64. The number of imidazole rings is 1. The van der Waals surface area contributed by atoms with Crippen LogP contribution in [0.4, 0.5) is 5.95 Å². The van der Waals surface area contributed by atoms with Gasteiger partial charge in [0.1, 0.15) is 0 Å². The highest BCUT2D eigenvalue weighted by Gasteiger charge is 2.25. The van der Waals surface area contributed by atoms with E-state index in [1.165, 1.54) is 10.1 Å². The van der Waals surface area contributed by atoms with E-state index in [2.05, 4.69) is 34.1 Å². The van der Waals surface area contributed by atoms with Crippen molar-refractivity contribution in [2.24, 2.45) is 13.0 Å². The van der Waals surface area contributed by atoms with Crippen LogP contribution in [-0.2, 0) is 20.0 Å². The van der Waals surface area contributed by atoms with Crippen LogP contribution in [0.2, 0.25) is 0 Å². The maximum atomic E-state index is 12.6. The zero-order valence-electron chi connectivity index (χ0n) is 17.3. The molecular weight excluding hydrogens is 402 g/mol. The van der Waals surface area contributed by atoms with Crippen molar-refractivity contribution in [1.29, 1.82) is 0 Å². The molecule has 0 spiro atoms. The number of piperidine rings is 1. The average molecular weight is 428 g/mol. The smallest absolute Gasteiger partial charge is 0.329 e. The van der Waals surface area contributed by atoms with Gasteiger partial charge in [0.05, 0.1) is 0 Å². The molecule has 7 nitrogen and oxygen atoms in total. The zero-order valence-corrected chi connectivity index (χ0v) is 18.0. The summed E-state index contributed by atoms with van der Waals surface area (Å²) >= 11 is 6.05. The Hall–Kier alpha value is -2.80. The van der Waals surface area contributed by atoms with Crippen LogP contribution in [0.3, 0.4) is 0 Å². The van der Waals surface area contributed by atoms with E-state index in [0.717, 1.165) is 32.4 Å². The van der Waals surface area contributed by atoms with E-state index < -0.39 is 11.2 Å². The number of nitrogens with one attached hydrogen (secondary N) is 1. The molecule has 0 amide bonds. The first-order valence-corrected chi connectivity index (χ1v) is 10.6. The largest absolute Gasteiger partial charge is 0.342 e. The number of hydrogen-bond acceptors (Lipinski definition) is 4. The van der Waals surface area contributed by atoms with Crippen LogP contribution in [0.5, 0.6) is 0 Å². The van der Waals surface area contributed by atoms with Gasteiger partial charge in [-0.1, -0.05) is 48.0 Å². The zero-order chi connectivity index (χ0) is 21.3. The minimum atomic E-state index is -0.464. The molecule has 0 radical (unpaired) electrons. The Kier molecular flexibility index (Phi) is 5.81. The van der Waals surface area contributed by atoms with Crippen LogP contribution < -0.4 is 16.1 Å².